The standard InChI is InChI=1S/C17H28N4O.ClH/c1-13(2)20-7-9-21(10-8-20)16-6-4-5-15(12-16)19-17(22)11-14(3)18;/h4-6,12-14H,7-11,18H2,1-3H3,(H,19,22);1H. The topological polar surface area (TPSA) is 61.6 Å². The smallest absolute Gasteiger partial charge is 0.225 e. The highest BCUT2D eigenvalue weighted by atomic mass is 35.5. The van der Waals surface area contributed by atoms with Crippen molar-refractivity contribution in [1.82, 2.24) is 4.90 Å². The first-order chi connectivity index (χ1) is 10.5. The number of anilines is 2. The molecule has 1 unspecified atom stereocenters. The molecule has 1 saturated heterocycles. The van der Waals surface area contributed by atoms with Crippen LogP contribution in [0, 0.1) is 0 Å². The largest absolute Gasteiger partial charge is 0.369 e. The second kappa shape index (κ2) is 9.11. The Bertz CT molecular complexity index is 499. The fraction of sp³-hybridized carbons (Fsp3) is 0.588. The average Bonchev–Trinajstić information content (AvgIpc) is 2.46. The third kappa shape index (κ3) is 6.01. The van der Waals surface area contributed by atoms with Gasteiger partial charge in [-0.3, -0.25) is 9.69 Å². The summed E-state index contributed by atoms with van der Waals surface area (Å²) in [6.07, 6.45) is 0.345. The molecule has 1 aromatic carbocycles. The van der Waals surface area contributed by atoms with E-state index in [1.807, 2.05) is 25.1 Å². The summed E-state index contributed by atoms with van der Waals surface area (Å²) in [5.41, 5.74) is 7.67. The van der Waals surface area contributed by atoms with Crippen LogP contribution in [-0.4, -0.2) is 49.1 Å². The quantitative estimate of drug-likeness (QED) is 0.863. The van der Waals surface area contributed by atoms with E-state index in [2.05, 4.69) is 35.0 Å². The van der Waals surface area contributed by atoms with Crippen molar-refractivity contribution in [2.24, 2.45) is 5.73 Å². The minimum Gasteiger partial charge on any atom is -0.369 e. The van der Waals surface area contributed by atoms with Gasteiger partial charge in [-0.05, 0) is 39.0 Å². The Kier molecular flexibility index (Phi) is 7.82. The lowest BCUT2D eigenvalue weighted by atomic mass is 10.2. The fourth-order valence-electron chi connectivity index (χ4n) is 2.78. The first kappa shape index (κ1) is 19.7. The molecule has 1 fully saturated rings. The minimum absolute atomic E-state index is 0. The van der Waals surface area contributed by atoms with E-state index < -0.39 is 0 Å². The van der Waals surface area contributed by atoms with Gasteiger partial charge in [0.25, 0.3) is 0 Å². The van der Waals surface area contributed by atoms with Crippen molar-refractivity contribution < 1.29 is 4.79 Å². The Balaban J connectivity index is 0.00000264. The first-order valence-electron chi connectivity index (χ1n) is 8.10. The second-order valence-corrected chi connectivity index (χ2v) is 6.40. The molecule has 1 aromatic rings. The maximum absolute atomic E-state index is 11.8. The highest BCUT2D eigenvalue weighted by Crippen LogP contribution is 2.21. The number of halogens is 1. The van der Waals surface area contributed by atoms with E-state index >= 15 is 0 Å². The maximum atomic E-state index is 11.8. The molecule has 1 atom stereocenters. The number of carbonyl (C=O) groups excluding carboxylic acids is 1. The van der Waals surface area contributed by atoms with Crippen molar-refractivity contribution in [2.75, 3.05) is 36.4 Å². The number of nitrogens with two attached hydrogens (primary N) is 1. The van der Waals surface area contributed by atoms with Gasteiger partial charge >= 0.3 is 0 Å². The molecule has 0 saturated carbocycles. The van der Waals surface area contributed by atoms with Gasteiger partial charge in [-0.15, -0.1) is 12.4 Å². The van der Waals surface area contributed by atoms with Crippen LogP contribution < -0.4 is 16.0 Å². The van der Waals surface area contributed by atoms with Crippen molar-refractivity contribution in [3.63, 3.8) is 0 Å². The van der Waals surface area contributed by atoms with Gasteiger partial charge in [0, 0.05) is 56.1 Å². The molecule has 1 amide bonds. The Hall–Kier alpha value is -1.30. The number of amides is 1. The molecule has 1 heterocycles. The molecule has 0 bridgehead atoms. The summed E-state index contributed by atoms with van der Waals surface area (Å²) < 4.78 is 0. The van der Waals surface area contributed by atoms with E-state index in [0.29, 0.717) is 12.5 Å². The maximum Gasteiger partial charge on any atom is 0.225 e. The zero-order valence-corrected chi connectivity index (χ0v) is 15.1. The summed E-state index contributed by atoms with van der Waals surface area (Å²) in [5.74, 6) is -0.0308. The molecule has 2 rings (SSSR count). The van der Waals surface area contributed by atoms with E-state index in [1.165, 1.54) is 5.69 Å². The third-order valence-corrected chi connectivity index (χ3v) is 4.05. The van der Waals surface area contributed by atoms with Crippen LogP contribution in [0.1, 0.15) is 27.2 Å². The molecule has 0 aromatic heterocycles. The minimum atomic E-state index is -0.118. The molecule has 5 nitrogen and oxygen atoms in total. The predicted octanol–water partition coefficient (Wildman–Crippen LogP) is 2.31. The molecule has 6 heteroatoms. The summed E-state index contributed by atoms with van der Waals surface area (Å²) in [6.45, 7) is 10.5. The van der Waals surface area contributed by atoms with E-state index in [0.717, 1.165) is 31.9 Å². The summed E-state index contributed by atoms with van der Waals surface area (Å²) >= 11 is 0. The van der Waals surface area contributed by atoms with E-state index in [4.69, 9.17) is 5.73 Å². The van der Waals surface area contributed by atoms with Crippen LogP contribution in [0.15, 0.2) is 24.3 Å². The second-order valence-electron chi connectivity index (χ2n) is 6.40. The molecule has 0 radical (unpaired) electrons. The number of piperazine rings is 1. The van der Waals surface area contributed by atoms with E-state index in [1.54, 1.807) is 0 Å². The Labute approximate surface area is 145 Å². The molecular formula is C17H29ClN4O. The highest BCUT2D eigenvalue weighted by molar-refractivity contribution is 5.91. The number of hydrogen-bond donors (Lipinski definition) is 2. The van der Waals surface area contributed by atoms with Crippen LogP contribution in [0.4, 0.5) is 11.4 Å². The fourth-order valence-corrected chi connectivity index (χ4v) is 2.78. The number of benzene rings is 1. The monoisotopic (exact) mass is 340 g/mol. The normalized spacial score (nSPS) is 16.8. The van der Waals surface area contributed by atoms with Gasteiger partial charge in [-0.1, -0.05) is 6.07 Å². The van der Waals surface area contributed by atoms with E-state index in [9.17, 15) is 4.79 Å². The lowest BCUT2D eigenvalue weighted by Gasteiger charge is -2.38. The number of nitrogens with one attached hydrogen (secondary N) is 1. The Morgan fingerprint density at radius 1 is 1.22 bits per heavy atom. The van der Waals surface area contributed by atoms with Crippen molar-refractivity contribution in [2.45, 2.75) is 39.3 Å². The molecule has 0 aliphatic carbocycles. The Morgan fingerprint density at radius 3 is 2.43 bits per heavy atom. The zero-order valence-electron chi connectivity index (χ0n) is 14.3. The lowest BCUT2D eigenvalue weighted by molar-refractivity contribution is -0.116. The van der Waals surface area contributed by atoms with Crippen molar-refractivity contribution >= 4 is 29.7 Å². The highest BCUT2D eigenvalue weighted by Gasteiger charge is 2.19. The van der Waals surface area contributed by atoms with Gasteiger partial charge < -0.3 is 16.0 Å². The molecule has 0 spiro atoms. The number of carbonyl (C=O) groups is 1. The van der Waals surface area contributed by atoms with Crippen LogP contribution in [0.25, 0.3) is 0 Å². The number of rotatable bonds is 5. The lowest BCUT2D eigenvalue weighted by Crippen LogP contribution is -2.48. The number of nitrogens with zero attached hydrogens (tertiary/aromatic N) is 2. The third-order valence-electron chi connectivity index (χ3n) is 4.05. The van der Waals surface area contributed by atoms with Gasteiger partial charge in [0.1, 0.15) is 0 Å². The molecule has 130 valence electrons. The average molecular weight is 341 g/mol. The molecule has 3 N–H and O–H groups in total. The van der Waals surface area contributed by atoms with Gasteiger partial charge in [0.15, 0.2) is 0 Å². The predicted molar refractivity (Wildman–Crippen MR) is 99.5 cm³/mol. The summed E-state index contributed by atoms with van der Waals surface area (Å²) in [7, 11) is 0. The zero-order chi connectivity index (χ0) is 16.1. The first-order valence-corrected chi connectivity index (χ1v) is 8.10. The van der Waals surface area contributed by atoms with Crippen LogP contribution in [0.2, 0.25) is 0 Å². The summed E-state index contributed by atoms with van der Waals surface area (Å²) in [6, 6.07) is 8.55. The SMILES string of the molecule is CC(N)CC(=O)Nc1cccc(N2CCN(C(C)C)CC2)c1.Cl. The number of hydrogen-bond acceptors (Lipinski definition) is 4. The van der Waals surface area contributed by atoms with Crippen LogP contribution in [0.3, 0.4) is 0 Å². The van der Waals surface area contributed by atoms with E-state index in [-0.39, 0.29) is 24.4 Å². The van der Waals surface area contributed by atoms with Gasteiger partial charge in [-0.25, -0.2) is 0 Å². The molecule has 1 aliphatic rings. The van der Waals surface area contributed by atoms with Crippen molar-refractivity contribution in [3.8, 4) is 0 Å². The van der Waals surface area contributed by atoms with Gasteiger partial charge in [-0.2, -0.15) is 0 Å². The summed E-state index contributed by atoms with van der Waals surface area (Å²) in [4.78, 5) is 16.7. The van der Waals surface area contributed by atoms with Gasteiger partial charge in [0.2, 0.25) is 5.91 Å². The molecule has 23 heavy (non-hydrogen) atoms. The molecule has 1 aliphatic heterocycles. The van der Waals surface area contributed by atoms with Crippen LogP contribution in [0.5, 0.6) is 0 Å². The van der Waals surface area contributed by atoms with Crippen LogP contribution >= 0.6 is 12.4 Å². The molecular weight excluding hydrogens is 312 g/mol. The summed E-state index contributed by atoms with van der Waals surface area (Å²) in [5, 5.41) is 2.92. The van der Waals surface area contributed by atoms with Crippen LogP contribution in [-0.2, 0) is 4.79 Å². The van der Waals surface area contributed by atoms with Crippen molar-refractivity contribution in [1.29, 1.82) is 0 Å². The van der Waals surface area contributed by atoms with Gasteiger partial charge in [0.05, 0.1) is 0 Å². The Morgan fingerprint density at radius 2 is 1.87 bits per heavy atom. The van der Waals surface area contributed by atoms with Crippen molar-refractivity contribution in [3.05, 3.63) is 24.3 Å².